The summed E-state index contributed by atoms with van der Waals surface area (Å²) in [5.74, 6) is 0.263. The molecule has 3 heterocycles. The third-order valence-corrected chi connectivity index (χ3v) is 6.96. The van der Waals surface area contributed by atoms with Gasteiger partial charge >= 0.3 is 5.97 Å². The molecule has 9 nitrogen and oxygen atoms in total. The Balaban J connectivity index is 1.48. The number of para-hydroxylation sites is 1. The molecule has 1 atom stereocenters. The fraction of sp³-hybridized carbons (Fsp3) is 0.167. The molecule has 3 aromatic carbocycles. The van der Waals surface area contributed by atoms with E-state index in [1.54, 1.807) is 36.4 Å². The number of carbonyl (C=O) groups excluding carboxylic acids is 2. The molecule has 0 radical (unpaired) electrons. The lowest BCUT2D eigenvalue weighted by Crippen LogP contribution is -2.26. The lowest BCUT2D eigenvalue weighted by Gasteiger charge is -2.26. The molecule has 6 rings (SSSR count). The summed E-state index contributed by atoms with van der Waals surface area (Å²) >= 11 is 0. The Hall–Kier alpha value is -5.05. The predicted molar refractivity (Wildman–Crippen MR) is 142 cm³/mol. The average Bonchev–Trinajstić information content (AvgIpc) is 3.26. The van der Waals surface area contributed by atoms with Gasteiger partial charge in [-0.05, 0) is 47.9 Å². The molecular weight excluding hydrogens is 502 g/mol. The standard InChI is InChI=1S/C30H23NO8/c1-35-22-10-8-16(27(36-2)29(22)37-3)13-23-26(33)17-9-11-21-25(28(17)39-23)18(14-24(32)38-21)19-12-15-6-4-5-7-20(15)31-30(19)34/h4-13,18H,14H2,1-3H3,(H,31,34)/b23-13-/t18-/m1/s1. The van der Waals surface area contributed by atoms with Gasteiger partial charge in [0.1, 0.15) is 11.5 Å². The van der Waals surface area contributed by atoms with Crippen molar-refractivity contribution in [2.24, 2.45) is 0 Å². The van der Waals surface area contributed by atoms with Crippen LogP contribution in [0.1, 0.15) is 39.4 Å². The van der Waals surface area contributed by atoms with Gasteiger partial charge in [-0.3, -0.25) is 14.4 Å². The second-order valence-electron chi connectivity index (χ2n) is 9.09. The number of aromatic nitrogens is 1. The highest BCUT2D eigenvalue weighted by Crippen LogP contribution is 2.49. The molecule has 196 valence electrons. The molecular formula is C30H23NO8. The first-order valence-corrected chi connectivity index (χ1v) is 12.2. The average molecular weight is 526 g/mol. The molecule has 2 aliphatic heterocycles. The van der Waals surface area contributed by atoms with Crippen molar-refractivity contribution in [3.63, 3.8) is 0 Å². The molecule has 0 aliphatic carbocycles. The van der Waals surface area contributed by atoms with Gasteiger partial charge in [-0.15, -0.1) is 0 Å². The highest BCUT2D eigenvalue weighted by Gasteiger charge is 2.39. The number of pyridine rings is 1. The summed E-state index contributed by atoms with van der Waals surface area (Å²) in [5.41, 5.74) is 2.06. The Bertz CT molecular complexity index is 1770. The van der Waals surface area contributed by atoms with Gasteiger partial charge in [0, 0.05) is 28.1 Å². The molecule has 9 heteroatoms. The number of allylic oxidation sites excluding steroid dienone is 1. The number of carbonyl (C=O) groups is 2. The number of ketones is 1. The van der Waals surface area contributed by atoms with Gasteiger partial charge in [0.25, 0.3) is 5.56 Å². The number of benzene rings is 3. The summed E-state index contributed by atoms with van der Waals surface area (Å²) in [7, 11) is 4.50. The first-order valence-electron chi connectivity index (χ1n) is 12.2. The molecule has 0 bridgehead atoms. The lowest BCUT2D eigenvalue weighted by molar-refractivity contribution is -0.135. The maximum Gasteiger partial charge on any atom is 0.312 e. The number of esters is 1. The Kier molecular flexibility index (Phi) is 5.83. The van der Waals surface area contributed by atoms with Crippen molar-refractivity contribution in [2.45, 2.75) is 12.3 Å². The SMILES string of the molecule is COc1ccc(/C=C2\Oc3c(ccc4c3[C@@H](c3cc5ccccc5[nH]c3=O)CC(=O)O4)C2=O)c(OC)c1OC. The second kappa shape index (κ2) is 9.36. The topological polar surface area (TPSA) is 113 Å². The summed E-state index contributed by atoms with van der Waals surface area (Å²) in [5, 5.41) is 0.818. The Morgan fingerprint density at radius 2 is 1.69 bits per heavy atom. The van der Waals surface area contributed by atoms with Crippen LogP contribution < -0.4 is 29.2 Å². The Morgan fingerprint density at radius 3 is 2.46 bits per heavy atom. The van der Waals surface area contributed by atoms with E-state index in [9.17, 15) is 14.4 Å². The quantitative estimate of drug-likeness (QED) is 0.228. The number of hydrogen-bond donors (Lipinski definition) is 1. The molecule has 39 heavy (non-hydrogen) atoms. The number of Topliss-reactive ketones (excluding diaryl/α,β-unsaturated/α-hetero) is 1. The van der Waals surface area contributed by atoms with Crippen LogP contribution in [0.3, 0.4) is 0 Å². The highest BCUT2D eigenvalue weighted by atomic mass is 16.5. The lowest BCUT2D eigenvalue weighted by atomic mass is 9.85. The van der Waals surface area contributed by atoms with Crippen molar-refractivity contribution in [1.29, 1.82) is 0 Å². The van der Waals surface area contributed by atoms with E-state index in [0.717, 1.165) is 5.39 Å². The molecule has 1 N–H and O–H groups in total. The van der Waals surface area contributed by atoms with Crippen LogP contribution in [0.15, 0.2) is 65.2 Å². The number of aromatic amines is 1. The van der Waals surface area contributed by atoms with Gasteiger partial charge in [0.2, 0.25) is 11.5 Å². The molecule has 0 spiro atoms. The van der Waals surface area contributed by atoms with Crippen LogP contribution in [0, 0.1) is 0 Å². The van der Waals surface area contributed by atoms with Crippen LogP contribution in [0.4, 0.5) is 0 Å². The molecule has 0 saturated heterocycles. The van der Waals surface area contributed by atoms with E-state index in [-0.39, 0.29) is 35.0 Å². The maximum atomic E-state index is 13.4. The number of hydrogen-bond acceptors (Lipinski definition) is 8. The van der Waals surface area contributed by atoms with E-state index in [2.05, 4.69) is 4.98 Å². The van der Waals surface area contributed by atoms with Gasteiger partial charge in [-0.25, -0.2) is 0 Å². The fourth-order valence-corrected chi connectivity index (χ4v) is 5.17. The zero-order valence-corrected chi connectivity index (χ0v) is 21.3. The van der Waals surface area contributed by atoms with Gasteiger partial charge in [0.15, 0.2) is 17.3 Å². The first kappa shape index (κ1) is 24.3. The smallest absolute Gasteiger partial charge is 0.312 e. The highest BCUT2D eigenvalue weighted by molar-refractivity contribution is 6.15. The molecule has 4 aromatic rings. The van der Waals surface area contributed by atoms with E-state index in [4.69, 9.17) is 23.7 Å². The van der Waals surface area contributed by atoms with Gasteiger partial charge in [0.05, 0.1) is 33.3 Å². The van der Waals surface area contributed by atoms with Crippen LogP contribution in [0.2, 0.25) is 0 Å². The Morgan fingerprint density at radius 1 is 0.897 bits per heavy atom. The largest absolute Gasteiger partial charge is 0.493 e. The van der Waals surface area contributed by atoms with Gasteiger partial charge in [-0.2, -0.15) is 0 Å². The molecule has 0 fully saturated rings. The van der Waals surface area contributed by atoms with Crippen molar-refractivity contribution in [1.82, 2.24) is 4.98 Å². The summed E-state index contributed by atoms with van der Waals surface area (Å²) < 4.78 is 28.0. The molecule has 0 saturated carbocycles. The zero-order chi connectivity index (χ0) is 27.3. The van der Waals surface area contributed by atoms with Crippen molar-refractivity contribution in [2.75, 3.05) is 21.3 Å². The molecule has 1 aromatic heterocycles. The summed E-state index contributed by atoms with van der Waals surface area (Å²) in [6.07, 6.45) is 1.48. The van der Waals surface area contributed by atoms with Crippen LogP contribution in [-0.4, -0.2) is 38.1 Å². The van der Waals surface area contributed by atoms with E-state index in [0.29, 0.717) is 45.0 Å². The Labute approximate surface area is 222 Å². The van der Waals surface area contributed by atoms with Crippen LogP contribution >= 0.6 is 0 Å². The number of nitrogens with one attached hydrogen (secondary N) is 1. The van der Waals surface area contributed by atoms with Gasteiger partial charge in [-0.1, -0.05) is 18.2 Å². The van der Waals surface area contributed by atoms with Crippen LogP contribution in [-0.2, 0) is 4.79 Å². The predicted octanol–water partition coefficient (Wildman–Crippen LogP) is 4.61. The van der Waals surface area contributed by atoms with E-state index in [1.807, 2.05) is 24.3 Å². The van der Waals surface area contributed by atoms with E-state index < -0.39 is 11.9 Å². The molecule has 2 aliphatic rings. The zero-order valence-electron chi connectivity index (χ0n) is 21.3. The number of methoxy groups -OCH3 is 3. The minimum atomic E-state index is -0.674. The van der Waals surface area contributed by atoms with Crippen LogP contribution in [0.25, 0.3) is 17.0 Å². The minimum Gasteiger partial charge on any atom is -0.493 e. The number of rotatable bonds is 5. The summed E-state index contributed by atoms with van der Waals surface area (Å²) in [6.45, 7) is 0. The van der Waals surface area contributed by atoms with Crippen molar-refractivity contribution in [3.8, 4) is 28.7 Å². The number of H-pyrrole nitrogens is 1. The number of ether oxygens (including phenoxy) is 5. The minimum absolute atomic E-state index is 0.0481. The van der Waals surface area contributed by atoms with E-state index >= 15 is 0 Å². The van der Waals surface area contributed by atoms with E-state index in [1.165, 1.54) is 21.3 Å². The number of fused-ring (bicyclic) bond motifs is 4. The maximum absolute atomic E-state index is 13.4. The molecule has 0 amide bonds. The fourth-order valence-electron chi connectivity index (χ4n) is 5.17. The normalized spacial score (nSPS) is 16.9. The van der Waals surface area contributed by atoms with Crippen molar-refractivity contribution >= 4 is 28.7 Å². The third kappa shape index (κ3) is 3.90. The van der Waals surface area contributed by atoms with Crippen LogP contribution in [0.5, 0.6) is 28.7 Å². The monoisotopic (exact) mass is 525 g/mol. The van der Waals surface area contributed by atoms with Gasteiger partial charge < -0.3 is 28.7 Å². The molecule has 0 unspecified atom stereocenters. The summed E-state index contributed by atoms with van der Waals surface area (Å²) in [6, 6.07) is 15.7. The first-order chi connectivity index (χ1) is 18.9. The second-order valence-corrected chi connectivity index (χ2v) is 9.09. The van der Waals surface area contributed by atoms with Crippen molar-refractivity contribution < 1.29 is 33.3 Å². The van der Waals surface area contributed by atoms with Crippen molar-refractivity contribution in [3.05, 3.63) is 93.0 Å². The third-order valence-electron chi connectivity index (χ3n) is 6.96. The summed E-state index contributed by atoms with van der Waals surface area (Å²) in [4.78, 5) is 42.0.